The molecule has 0 spiro atoms. The van der Waals surface area contributed by atoms with E-state index in [0.29, 0.717) is 29.8 Å². The van der Waals surface area contributed by atoms with Gasteiger partial charge in [0.05, 0.1) is 17.2 Å². The maximum absolute atomic E-state index is 13.6. The highest BCUT2D eigenvalue weighted by molar-refractivity contribution is 5.97. The number of rotatable bonds is 12. The van der Waals surface area contributed by atoms with Gasteiger partial charge in [-0.15, -0.1) is 0 Å². The Balaban J connectivity index is 1.47. The first-order valence-electron chi connectivity index (χ1n) is 14.8. The zero-order chi connectivity index (χ0) is 31.7. The lowest BCUT2D eigenvalue weighted by atomic mass is 10.0. The smallest absolute Gasteiger partial charge is 0.329 e. The molecule has 44 heavy (non-hydrogen) atoms. The van der Waals surface area contributed by atoms with Crippen molar-refractivity contribution in [3.63, 3.8) is 0 Å². The number of fused-ring (bicyclic) bond motifs is 1. The number of benzene rings is 3. The number of nitrogens with zero attached hydrogens (tertiary/aromatic N) is 2. The quantitative estimate of drug-likeness (QED) is 0.210. The fourth-order valence-corrected chi connectivity index (χ4v) is 4.54. The second-order valence-electron chi connectivity index (χ2n) is 12.1. The van der Waals surface area contributed by atoms with Crippen molar-refractivity contribution in [1.82, 2.24) is 20.6 Å². The summed E-state index contributed by atoms with van der Waals surface area (Å²) in [5.41, 5.74) is 2.45. The molecule has 0 aliphatic heterocycles. The van der Waals surface area contributed by atoms with Gasteiger partial charge in [-0.05, 0) is 68.5 Å². The van der Waals surface area contributed by atoms with Gasteiger partial charge in [0.2, 0.25) is 5.91 Å². The molecule has 4 rings (SSSR count). The van der Waals surface area contributed by atoms with Crippen LogP contribution in [0.3, 0.4) is 0 Å². The lowest BCUT2D eigenvalue weighted by Crippen LogP contribution is -2.53. The summed E-state index contributed by atoms with van der Waals surface area (Å²) in [7, 11) is 0. The minimum atomic E-state index is -0.982. The molecule has 0 saturated carbocycles. The van der Waals surface area contributed by atoms with E-state index in [1.165, 1.54) is 6.20 Å². The van der Waals surface area contributed by atoms with Crippen LogP contribution in [0.1, 0.15) is 62.7 Å². The molecule has 1 heterocycles. The molecule has 0 saturated heterocycles. The van der Waals surface area contributed by atoms with E-state index < -0.39 is 35.5 Å². The van der Waals surface area contributed by atoms with Crippen LogP contribution in [0.2, 0.25) is 0 Å². The number of aromatic nitrogens is 2. The maximum atomic E-state index is 13.6. The number of amides is 2. The Hall–Kier alpha value is -4.79. The van der Waals surface area contributed by atoms with Crippen molar-refractivity contribution in [3.8, 4) is 5.75 Å². The van der Waals surface area contributed by atoms with E-state index in [1.807, 2.05) is 80.6 Å². The van der Waals surface area contributed by atoms with Crippen LogP contribution in [-0.2, 0) is 27.4 Å². The fraction of sp³-hybridized carbons (Fsp3) is 0.343. The van der Waals surface area contributed by atoms with Gasteiger partial charge in [-0.25, -0.2) is 9.78 Å². The second kappa shape index (κ2) is 14.6. The van der Waals surface area contributed by atoms with Crippen LogP contribution in [0.5, 0.6) is 5.75 Å². The third kappa shape index (κ3) is 9.62. The average molecular weight is 597 g/mol. The molecule has 2 N–H and O–H groups in total. The first kappa shape index (κ1) is 32.1. The van der Waals surface area contributed by atoms with E-state index in [9.17, 15) is 14.4 Å². The predicted octanol–water partition coefficient (Wildman–Crippen LogP) is 5.42. The van der Waals surface area contributed by atoms with E-state index in [4.69, 9.17) is 9.47 Å². The van der Waals surface area contributed by atoms with Crippen LogP contribution in [0.4, 0.5) is 0 Å². The number of esters is 1. The highest BCUT2D eigenvalue weighted by Gasteiger charge is 2.31. The Morgan fingerprint density at radius 1 is 0.795 bits per heavy atom. The maximum Gasteiger partial charge on any atom is 0.329 e. The molecular weight excluding hydrogens is 556 g/mol. The first-order chi connectivity index (χ1) is 21.0. The van der Waals surface area contributed by atoms with Crippen molar-refractivity contribution in [2.75, 3.05) is 0 Å². The number of hydrogen-bond donors (Lipinski definition) is 2. The molecule has 1 aromatic heterocycles. The Morgan fingerprint density at radius 3 is 2.11 bits per heavy atom. The van der Waals surface area contributed by atoms with Crippen LogP contribution in [0, 0.1) is 5.92 Å². The predicted molar refractivity (Wildman–Crippen MR) is 169 cm³/mol. The number of hydrogen-bond acceptors (Lipinski definition) is 7. The van der Waals surface area contributed by atoms with Crippen LogP contribution in [0.15, 0.2) is 85.1 Å². The summed E-state index contributed by atoms with van der Waals surface area (Å²) in [6.07, 6.45) is 1.93. The van der Waals surface area contributed by atoms with Crippen molar-refractivity contribution in [3.05, 3.63) is 102 Å². The van der Waals surface area contributed by atoms with Crippen LogP contribution in [-0.4, -0.2) is 45.4 Å². The average Bonchev–Trinajstić information content (AvgIpc) is 2.99. The summed E-state index contributed by atoms with van der Waals surface area (Å²) in [4.78, 5) is 48.8. The molecule has 2 amide bonds. The lowest BCUT2D eigenvalue weighted by molar-refractivity contribution is -0.158. The molecule has 9 heteroatoms. The van der Waals surface area contributed by atoms with Crippen molar-refractivity contribution in [2.24, 2.45) is 5.92 Å². The zero-order valence-corrected chi connectivity index (χ0v) is 25.9. The molecule has 0 unspecified atom stereocenters. The summed E-state index contributed by atoms with van der Waals surface area (Å²) in [6.45, 7) is 9.66. The fourth-order valence-electron chi connectivity index (χ4n) is 4.54. The van der Waals surface area contributed by atoms with E-state index >= 15 is 0 Å². The third-order valence-corrected chi connectivity index (χ3v) is 6.63. The molecule has 0 aliphatic carbocycles. The molecule has 9 nitrogen and oxygen atoms in total. The van der Waals surface area contributed by atoms with E-state index in [1.54, 1.807) is 32.9 Å². The normalized spacial score (nSPS) is 12.8. The Kier molecular flexibility index (Phi) is 10.7. The minimum Gasteiger partial charge on any atom is -0.489 e. The van der Waals surface area contributed by atoms with E-state index in [0.717, 1.165) is 11.1 Å². The summed E-state index contributed by atoms with van der Waals surface area (Å²) < 4.78 is 11.5. The number of ether oxygens (including phenoxy) is 2. The summed E-state index contributed by atoms with van der Waals surface area (Å²) in [5.74, 6) is -0.808. The van der Waals surface area contributed by atoms with Crippen molar-refractivity contribution < 1.29 is 23.9 Å². The molecule has 0 fully saturated rings. The van der Waals surface area contributed by atoms with Gasteiger partial charge < -0.3 is 20.1 Å². The third-order valence-electron chi connectivity index (χ3n) is 6.63. The summed E-state index contributed by atoms with van der Waals surface area (Å²) in [6, 6.07) is 22.6. The second-order valence-corrected chi connectivity index (χ2v) is 12.1. The van der Waals surface area contributed by atoms with Crippen molar-refractivity contribution >= 4 is 28.8 Å². The molecule has 4 aromatic rings. The van der Waals surface area contributed by atoms with E-state index in [2.05, 4.69) is 20.6 Å². The van der Waals surface area contributed by atoms with Crippen LogP contribution in [0.25, 0.3) is 11.0 Å². The molecule has 0 bridgehead atoms. The Labute approximate surface area is 258 Å². The monoisotopic (exact) mass is 596 g/mol. The van der Waals surface area contributed by atoms with Crippen molar-refractivity contribution in [2.45, 2.75) is 71.8 Å². The van der Waals surface area contributed by atoms with Gasteiger partial charge in [-0.2, -0.15) is 0 Å². The number of carbonyl (C=O) groups is 3. The van der Waals surface area contributed by atoms with Gasteiger partial charge in [-0.3, -0.25) is 14.6 Å². The molecule has 2 atom stereocenters. The van der Waals surface area contributed by atoms with Gasteiger partial charge in [0.15, 0.2) is 0 Å². The highest BCUT2D eigenvalue weighted by atomic mass is 16.6. The topological polar surface area (TPSA) is 120 Å². The Bertz CT molecular complexity index is 1570. The lowest BCUT2D eigenvalue weighted by Gasteiger charge is -2.27. The van der Waals surface area contributed by atoms with Gasteiger partial charge >= 0.3 is 5.97 Å². The summed E-state index contributed by atoms with van der Waals surface area (Å²) in [5, 5.41) is 5.64. The largest absolute Gasteiger partial charge is 0.489 e. The highest BCUT2D eigenvalue weighted by Crippen LogP contribution is 2.18. The molecule has 230 valence electrons. The molecular formula is C35H40N4O5. The molecule has 3 aromatic carbocycles. The van der Waals surface area contributed by atoms with Gasteiger partial charge in [0, 0.05) is 6.42 Å². The zero-order valence-electron chi connectivity index (χ0n) is 25.9. The minimum absolute atomic E-state index is 0.0807. The Morgan fingerprint density at radius 2 is 1.45 bits per heavy atom. The SMILES string of the molecule is CC(C)C[C@H](NC(=O)c1cnc2ccccc2n1)C(=O)N[C@@H](Cc1ccc(OCc2ccccc2)cc1)C(=O)OC(C)(C)C. The van der Waals surface area contributed by atoms with Gasteiger partial charge in [-0.1, -0.05) is 68.4 Å². The van der Waals surface area contributed by atoms with Crippen LogP contribution >= 0.6 is 0 Å². The number of carbonyl (C=O) groups excluding carboxylic acids is 3. The molecule has 0 radical (unpaired) electrons. The molecule has 0 aliphatic rings. The number of nitrogens with one attached hydrogen (secondary N) is 2. The first-order valence-corrected chi connectivity index (χ1v) is 14.8. The van der Waals surface area contributed by atoms with Gasteiger partial charge in [0.25, 0.3) is 5.91 Å². The summed E-state index contributed by atoms with van der Waals surface area (Å²) >= 11 is 0. The van der Waals surface area contributed by atoms with E-state index in [-0.39, 0.29) is 18.0 Å². The van der Waals surface area contributed by atoms with Gasteiger partial charge in [0.1, 0.15) is 35.7 Å². The van der Waals surface area contributed by atoms with Crippen molar-refractivity contribution in [1.29, 1.82) is 0 Å². The standard InChI is InChI=1S/C35H40N4O5/c1-23(2)19-29(38-33(41)31-21-36-27-13-9-10-14-28(27)37-31)32(40)39-30(34(42)44-35(3,4)5)20-24-15-17-26(18-16-24)43-22-25-11-7-6-8-12-25/h6-18,21,23,29-30H,19-20,22H2,1-5H3,(H,38,41)(H,39,40)/t29-,30-/m0/s1. The van der Waals surface area contributed by atoms with Crippen LogP contribution < -0.4 is 15.4 Å². The number of para-hydroxylation sites is 2.